The standard InChI is InChI=1S/C20H26ClN3O/c21-17-3-1-15(2-4-17)13-16-7-9-24(10-8-16)11-12-25-18-5-6-19(22)20(23)14-18/h1-6,14,16H,7-13,22-23H2. The zero-order valence-corrected chi connectivity index (χ0v) is 15.2. The molecule has 0 radical (unpaired) electrons. The molecule has 4 nitrogen and oxygen atoms in total. The lowest BCUT2D eigenvalue weighted by atomic mass is 9.90. The fraction of sp³-hybridized carbons (Fsp3) is 0.400. The van der Waals surface area contributed by atoms with Crippen molar-refractivity contribution in [2.45, 2.75) is 19.3 Å². The third-order valence-electron chi connectivity index (χ3n) is 4.88. The largest absolute Gasteiger partial charge is 0.492 e. The Morgan fingerprint density at radius 3 is 2.40 bits per heavy atom. The van der Waals surface area contributed by atoms with Crippen LogP contribution in [0.1, 0.15) is 18.4 Å². The number of halogens is 1. The summed E-state index contributed by atoms with van der Waals surface area (Å²) in [6.07, 6.45) is 3.61. The van der Waals surface area contributed by atoms with Crippen molar-refractivity contribution in [3.8, 4) is 5.75 Å². The lowest BCUT2D eigenvalue weighted by Gasteiger charge is -2.31. The average molecular weight is 360 g/mol. The number of piperidine rings is 1. The third-order valence-corrected chi connectivity index (χ3v) is 5.13. The first kappa shape index (κ1) is 17.9. The van der Waals surface area contributed by atoms with Gasteiger partial charge in [-0.05, 0) is 68.1 Å². The number of likely N-dealkylation sites (tertiary alicyclic amines) is 1. The normalized spacial score (nSPS) is 16.0. The lowest BCUT2D eigenvalue weighted by Crippen LogP contribution is -2.37. The molecule has 134 valence electrons. The number of hydrogen-bond acceptors (Lipinski definition) is 4. The number of ether oxygens (including phenoxy) is 1. The monoisotopic (exact) mass is 359 g/mol. The second kappa shape index (κ2) is 8.45. The van der Waals surface area contributed by atoms with E-state index in [0.717, 1.165) is 42.7 Å². The van der Waals surface area contributed by atoms with Crippen molar-refractivity contribution in [3.05, 3.63) is 53.1 Å². The number of rotatable bonds is 6. The first-order chi connectivity index (χ1) is 12.1. The second-order valence-electron chi connectivity index (χ2n) is 6.75. The van der Waals surface area contributed by atoms with E-state index in [2.05, 4.69) is 17.0 Å². The minimum absolute atomic E-state index is 0.570. The van der Waals surface area contributed by atoms with Crippen LogP contribution in [0.4, 0.5) is 11.4 Å². The molecule has 1 fully saturated rings. The molecule has 2 aromatic rings. The van der Waals surface area contributed by atoms with E-state index < -0.39 is 0 Å². The molecule has 0 aliphatic carbocycles. The molecule has 1 saturated heterocycles. The third kappa shape index (κ3) is 5.28. The van der Waals surface area contributed by atoms with Gasteiger partial charge in [0.1, 0.15) is 12.4 Å². The van der Waals surface area contributed by atoms with Gasteiger partial charge in [0.15, 0.2) is 0 Å². The van der Waals surface area contributed by atoms with Crippen molar-refractivity contribution in [1.82, 2.24) is 4.90 Å². The van der Waals surface area contributed by atoms with E-state index in [1.807, 2.05) is 18.2 Å². The zero-order valence-electron chi connectivity index (χ0n) is 14.5. The van der Waals surface area contributed by atoms with E-state index in [1.54, 1.807) is 12.1 Å². The second-order valence-corrected chi connectivity index (χ2v) is 7.19. The number of anilines is 2. The maximum atomic E-state index is 5.95. The molecule has 0 bridgehead atoms. The van der Waals surface area contributed by atoms with Crippen molar-refractivity contribution in [2.24, 2.45) is 5.92 Å². The summed E-state index contributed by atoms with van der Waals surface area (Å²) in [7, 11) is 0. The molecule has 0 spiro atoms. The highest BCUT2D eigenvalue weighted by Crippen LogP contribution is 2.23. The number of nitrogens with two attached hydrogens (primary N) is 2. The topological polar surface area (TPSA) is 64.5 Å². The maximum absolute atomic E-state index is 5.95. The van der Waals surface area contributed by atoms with Gasteiger partial charge in [-0.1, -0.05) is 23.7 Å². The summed E-state index contributed by atoms with van der Waals surface area (Å²) < 4.78 is 5.79. The molecule has 0 saturated carbocycles. The van der Waals surface area contributed by atoms with E-state index in [-0.39, 0.29) is 0 Å². The molecule has 0 unspecified atom stereocenters. The van der Waals surface area contributed by atoms with Crippen molar-refractivity contribution < 1.29 is 4.74 Å². The summed E-state index contributed by atoms with van der Waals surface area (Å²) in [4.78, 5) is 2.47. The highest BCUT2D eigenvalue weighted by atomic mass is 35.5. The van der Waals surface area contributed by atoms with Crippen molar-refractivity contribution >= 4 is 23.0 Å². The van der Waals surface area contributed by atoms with Crippen molar-refractivity contribution in [3.63, 3.8) is 0 Å². The molecule has 1 aliphatic rings. The Morgan fingerprint density at radius 2 is 1.72 bits per heavy atom. The first-order valence-corrected chi connectivity index (χ1v) is 9.22. The van der Waals surface area contributed by atoms with Gasteiger partial charge in [0.25, 0.3) is 0 Å². The number of nitrogen functional groups attached to an aromatic ring is 2. The van der Waals surface area contributed by atoms with Crippen LogP contribution in [0, 0.1) is 5.92 Å². The van der Waals surface area contributed by atoms with Gasteiger partial charge in [-0.3, -0.25) is 4.90 Å². The molecule has 0 aromatic heterocycles. The summed E-state index contributed by atoms with van der Waals surface area (Å²) >= 11 is 5.95. The van der Waals surface area contributed by atoms with Crippen LogP contribution in [0.5, 0.6) is 5.75 Å². The zero-order chi connectivity index (χ0) is 17.6. The van der Waals surface area contributed by atoms with Gasteiger partial charge in [-0.2, -0.15) is 0 Å². The highest BCUT2D eigenvalue weighted by molar-refractivity contribution is 6.30. The van der Waals surface area contributed by atoms with Crippen LogP contribution >= 0.6 is 11.6 Å². The Balaban J connectivity index is 1.37. The Labute approximate surface area is 154 Å². The van der Waals surface area contributed by atoms with E-state index >= 15 is 0 Å². The maximum Gasteiger partial charge on any atom is 0.121 e. The predicted octanol–water partition coefficient (Wildman–Crippen LogP) is 3.84. The quantitative estimate of drug-likeness (QED) is 0.769. The molecule has 4 N–H and O–H groups in total. The summed E-state index contributed by atoms with van der Waals surface area (Å²) in [6, 6.07) is 13.7. The van der Waals surface area contributed by atoms with Crippen LogP contribution in [0.15, 0.2) is 42.5 Å². The highest BCUT2D eigenvalue weighted by Gasteiger charge is 2.19. The molecular formula is C20H26ClN3O. The van der Waals surface area contributed by atoms with Crippen molar-refractivity contribution in [2.75, 3.05) is 37.7 Å². The molecule has 25 heavy (non-hydrogen) atoms. The molecular weight excluding hydrogens is 334 g/mol. The number of hydrogen-bond donors (Lipinski definition) is 2. The molecule has 3 rings (SSSR count). The van der Waals surface area contributed by atoms with Crippen LogP contribution in [0.3, 0.4) is 0 Å². The van der Waals surface area contributed by atoms with Gasteiger partial charge in [0, 0.05) is 17.6 Å². The summed E-state index contributed by atoms with van der Waals surface area (Å²) in [5.41, 5.74) is 14.1. The minimum atomic E-state index is 0.570. The predicted molar refractivity (Wildman–Crippen MR) is 105 cm³/mol. The number of benzene rings is 2. The van der Waals surface area contributed by atoms with Gasteiger partial charge < -0.3 is 16.2 Å². The van der Waals surface area contributed by atoms with E-state index in [9.17, 15) is 0 Å². The number of nitrogens with zero attached hydrogens (tertiary/aromatic N) is 1. The van der Waals surface area contributed by atoms with E-state index in [4.69, 9.17) is 27.8 Å². The molecule has 2 aromatic carbocycles. The molecule has 1 heterocycles. The molecule has 0 amide bonds. The van der Waals surface area contributed by atoms with Crippen LogP contribution in [-0.2, 0) is 6.42 Å². The van der Waals surface area contributed by atoms with Gasteiger partial charge in [0.05, 0.1) is 11.4 Å². The summed E-state index contributed by atoms with van der Waals surface area (Å²) in [5.74, 6) is 1.54. The first-order valence-electron chi connectivity index (χ1n) is 8.85. The fourth-order valence-electron chi connectivity index (χ4n) is 3.30. The van der Waals surface area contributed by atoms with E-state index in [1.165, 1.54) is 18.4 Å². The Morgan fingerprint density at radius 1 is 1.00 bits per heavy atom. The Kier molecular flexibility index (Phi) is 6.05. The van der Waals surface area contributed by atoms with Crippen LogP contribution < -0.4 is 16.2 Å². The van der Waals surface area contributed by atoms with E-state index in [0.29, 0.717) is 18.0 Å². The SMILES string of the molecule is Nc1ccc(OCCN2CCC(Cc3ccc(Cl)cc3)CC2)cc1N. The van der Waals surface area contributed by atoms with Crippen molar-refractivity contribution in [1.29, 1.82) is 0 Å². The lowest BCUT2D eigenvalue weighted by molar-refractivity contribution is 0.155. The molecule has 0 atom stereocenters. The molecule has 1 aliphatic heterocycles. The van der Waals surface area contributed by atoms with Crippen LogP contribution in [0.2, 0.25) is 5.02 Å². The Hall–Kier alpha value is -1.91. The fourth-order valence-corrected chi connectivity index (χ4v) is 3.43. The minimum Gasteiger partial charge on any atom is -0.492 e. The average Bonchev–Trinajstić information content (AvgIpc) is 2.61. The molecule has 5 heteroatoms. The van der Waals surface area contributed by atoms with Crippen LogP contribution in [0.25, 0.3) is 0 Å². The van der Waals surface area contributed by atoms with Crippen LogP contribution in [-0.4, -0.2) is 31.1 Å². The van der Waals surface area contributed by atoms with Gasteiger partial charge in [-0.25, -0.2) is 0 Å². The smallest absolute Gasteiger partial charge is 0.121 e. The van der Waals surface area contributed by atoms with Gasteiger partial charge in [0.2, 0.25) is 0 Å². The Bertz CT molecular complexity index is 682. The summed E-state index contributed by atoms with van der Waals surface area (Å²) in [5, 5.41) is 0.807. The summed E-state index contributed by atoms with van der Waals surface area (Å²) in [6.45, 7) is 3.88. The van der Waals surface area contributed by atoms with Gasteiger partial charge >= 0.3 is 0 Å². The van der Waals surface area contributed by atoms with Gasteiger partial charge in [-0.15, -0.1) is 0 Å².